The maximum atomic E-state index is 0. The summed E-state index contributed by atoms with van der Waals surface area (Å²) in [5.74, 6) is 0. The number of hydrogen-bond acceptors (Lipinski definition) is 0. The van der Waals surface area contributed by atoms with Gasteiger partial charge in [-0.25, -0.2) is 0 Å². The van der Waals surface area contributed by atoms with Crippen molar-refractivity contribution in [3.8, 4) is 0 Å². The summed E-state index contributed by atoms with van der Waals surface area (Å²) < 4.78 is 0. The summed E-state index contributed by atoms with van der Waals surface area (Å²) in [4.78, 5) is 0. The molecule has 0 rings (SSSR count). The summed E-state index contributed by atoms with van der Waals surface area (Å²) in [6, 6.07) is 0. The maximum Gasteiger partial charge on any atom is 2.00 e. The van der Waals surface area contributed by atoms with Gasteiger partial charge in [-0.15, -0.1) is 0 Å². The van der Waals surface area contributed by atoms with Crippen molar-refractivity contribution in [1.82, 2.24) is 0 Å². The molecule has 40 valence electrons. The largest absolute Gasteiger partial charge is 2.00 e. The first kappa shape index (κ1) is 61.2. The molecule has 0 aliphatic heterocycles. The zero-order chi connectivity index (χ0) is 0. The summed E-state index contributed by atoms with van der Waals surface area (Å²) in [6.07, 6.45) is 0. The van der Waals surface area contributed by atoms with E-state index in [1.54, 1.807) is 0 Å². The fourth-order valence-corrected chi connectivity index (χ4v) is 0. The van der Waals surface area contributed by atoms with Gasteiger partial charge in [0.15, 0.2) is 0 Å². The second-order valence-electron chi connectivity index (χ2n) is 0. The second-order valence-corrected chi connectivity index (χ2v) is 0. The molecule has 8 heavy (non-hydrogen) atoms. The summed E-state index contributed by atoms with van der Waals surface area (Å²) in [5, 5.41) is 0. The van der Waals surface area contributed by atoms with Crippen LogP contribution in [0.2, 0.25) is 0 Å². The number of rotatable bonds is 0. The van der Waals surface area contributed by atoms with Crippen LogP contribution in [0.3, 0.4) is 0 Å². The van der Waals surface area contributed by atoms with E-state index in [9.17, 15) is 0 Å². The quantitative estimate of drug-likeness (QED) is 0.302. The molecule has 1 unspecified atom stereocenters. The van der Waals surface area contributed by atoms with Crippen molar-refractivity contribution in [3.05, 3.63) is 0 Å². The van der Waals surface area contributed by atoms with Gasteiger partial charge in [-0.3, -0.25) is 0 Å². The van der Waals surface area contributed by atoms with Gasteiger partial charge in [0.25, 0.3) is 0 Å². The molecule has 1 atom stereocenters. The van der Waals surface area contributed by atoms with E-state index in [0.29, 0.717) is 0 Å². The summed E-state index contributed by atoms with van der Waals surface area (Å²) >= 11 is 0. The molecule has 0 saturated carbocycles. The first-order valence-electron chi connectivity index (χ1n) is 0. The molecule has 8 heteroatoms. The van der Waals surface area contributed by atoms with Crippen LogP contribution in [-0.2, 0) is 53.6 Å². The second kappa shape index (κ2) is 49.0. The van der Waals surface area contributed by atoms with Gasteiger partial charge in [0.1, 0.15) is 0 Å². The third kappa shape index (κ3) is 38.6. The molecule has 0 nitrogen and oxygen atoms in total. The molecule has 0 aliphatic rings. The molecule has 0 aromatic heterocycles. The van der Waals surface area contributed by atoms with E-state index in [2.05, 4.69) is 0 Å². The van der Waals surface area contributed by atoms with Crippen molar-refractivity contribution in [2.45, 2.75) is 0 Å². The average molecular weight is 350 g/mol. The van der Waals surface area contributed by atoms with Crippen LogP contribution in [0.15, 0.2) is 0 Å². The standard InChI is InChI=1S/Ca.Cu.K.Mg.Mn.Na.H3P.Zn.6H/h;;;;;;1H3;;;;;;;/q+2;;+1;+2;;+1;;;6*-1. The van der Waals surface area contributed by atoms with Crippen LogP contribution in [0.25, 0.3) is 0 Å². The van der Waals surface area contributed by atoms with Crippen LogP contribution in [0.4, 0.5) is 0 Å². The van der Waals surface area contributed by atoms with Crippen molar-refractivity contribution >= 4 is 70.7 Å². The fourth-order valence-electron chi connectivity index (χ4n) is 0. The van der Waals surface area contributed by atoms with Crippen molar-refractivity contribution in [2.24, 2.45) is 0 Å². The fraction of sp³-hybridized carbons (Fsp3) is 0. The first-order chi connectivity index (χ1) is 0. The Hall–Kier alpha value is 6.75. The molecule has 0 aromatic rings. The maximum absolute atomic E-state index is 0. The third-order valence-corrected chi connectivity index (χ3v) is 0. The summed E-state index contributed by atoms with van der Waals surface area (Å²) in [6.45, 7) is 0. The van der Waals surface area contributed by atoms with E-state index < -0.39 is 0 Å². The Morgan fingerprint density at radius 2 is 1.12 bits per heavy atom. The van der Waals surface area contributed by atoms with Crippen LogP contribution in [0.5, 0.6) is 0 Å². The minimum Gasteiger partial charge on any atom is -1.00 e. The van der Waals surface area contributed by atoms with Crippen LogP contribution < -0.4 is 80.9 Å². The normalized spacial score (nSPS) is 0. The Morgan fingerprint density at radius 1 is 1.12 bits per heavy atom. The van der Waals surface area contributed by atoms with Crippen molar-refractivity contribution < 1.29 is 143 Å². The zero-order valence-electron chi connectivity index (χ0n) is 11.5. The average Bonchev–Trinajstić information content (AvgIpc) is 0. The van der Waals surface area contributed by atoms with Gasteiger partial charge in [0.2, 0.25) is 0 Å². The van der Waals surface area contributed by atoms with Crippen LogP contribution in [-0.4, -0.2) is 60.8 Å². The predicted molar refractivity (Wildman–Crippen MR) is 29.3 cm³/mol. The van der Waals surface area contributed by atoms with Crippen molar-refractivity contribution in [2.75, 3.05) is 0 Å². The van der Waals surface area contributed by atoms with Gasteiger partial charge < -0.3 is 8.56 Å². The van der Waals surface area contributed by atoms with E-state index in [0.717, 1.165) is 0 Å². The molecule has 0 fully saturated rings. The topological polar surface area (TPSA) is 0 Å². The van der Waals surface area contributed by atoms with Crippen LogP contribution in [0, 0.1) is 0 Å². The number of hydrogen-bond donors (Lipinski definition) is 0. The molecule has 0 bridgehead atoms. The molecule has 0 heterocycles. The van der Waals surface area contributed by atoms with Gasteiger partial charge in [-0.05, 0) is 0 Å². The Labute approximate surface area is 208 Å². The molecular weight excluding hydrogens is 341 g/mol. The van der Waals surface area contributed by atoms with Crippen molar-refractivity contribution in [3.63, 3.8) is 0 Å². The van der Waals surface area contributed by atoms with E-state index in [4.69, 9.17) is 0 Å². The molecule has 2 radical (unpaired) electrons. The molecular formula is H9CaCuKMgMnNaPZn. The van der Waals surface area contributed by atoms with E-state index >= 15 is 0 Å². The molecule has 0 N–H and O–H groups in total. The molecule has 0 amide bonds. The Bertz CT molecular complexity index is 37.8. The van der Waals surface area contributed by atoms with Gasteiger partial charge in [0.05, 0.1) is 0 Å². The van der Waals surface area contributed by atoms with Crippen LogP contribution in [0.1, 0.15) is 8.56 Å². The monoisotopic (exact) mass is 348 g/mol. The van der Waals surface area contributed by atoms with Gasteiger partial charge in [-0.2, -0.15) is 9.90 Å². The minimum absolute atomic E-state index is 0. The third-order valence-electron chi connectivity index (χ3n) is 0. The van der Waals surface area contributed by atoms with Crippen LogP contribution >= 0.6 is 9.90 Å². The van der Waals surface area contributed by atoms with Gasteiger partial charge in [-0.1, -0.05) is 0 Å². The summed E-state index contributed by atoms with van der Waals surface area (Å²) in [7, 11) is 0. The van der Waals surface area contributed by atoms with Gasteiger partial charge >= 0.3 is 142 Å². The molecule has 0 aliphatic carbocycles. The minimum atomic E-state index is 0. The molecule has 0 aromatic carbocycles. The molecule has 0 saturated heterocycles. The Morgan fingerprint density at radius 3 is 1.12 bits per heavy atom. The van der Waals surface area contributed by atoms with Gasteiger partial charge in [0, 0.05) is 53.6 Å². The first-order valence-corrected chi connectivity index (χ1v) is 0. The Kier molecular flexibility index (Phi) is 375. The smallest absolute Gasteiger partial charge is 1.00 e. The molecule has 0 spiro atoms. The van der Waals surface area contributed by atoms with E-state index in [1.165, 1.54) is 0 Å². The SMILES string of the molecule is P.[Ca+2].[Cu].[H-].[H-].[H-].[H-].[H-].[H-].[K+].[Mg+2].[Mn].[Na+].[Zn]. The van der Waals surface area contributed by atoms with E-state index in [1.807, 2.05) is 0 Å². The van der Waals surface area contributed by atoms with E-state index in [-0.39, 0.29) is 214 Å². The van der Waals surface area contributed by atoms with Crippen molar-refractivity contribution in [1.29, 1.82) is 0 Å². The summed E-state index contributed by atoms with van der Waals surface area (Å²) in [5.41, 5.74) is 0. The Balaban J connectivity index is 0. The zero-order valence-corrected chi connectivity index (χ0v) is 20.8. The predicted octanol–water partition coefficient (Wildman–Crippen LogP) is -6.03.